The summed E-state index contributed by atoms with van der Waals surface area (Å²) < 4.78 is 11.9. The minimum Gasteiger partial charge on any atom is -0.494 e. The molecule has 0 N–H and O–H groups in total. The van der Waals surface area contributed by atoms with Crippen molar-refractivity contribution in [1.29, 1.82) is 0 Å². The molecule has 1 aliphatic rings. The molecule has 0 saturated carbocycles. The van der Waals surface area contributed by atoms with Gasteiger partial charge in [0, 0.05) is 17.7 Å². The standard InChI is InChI=1S/C23H25NO3/c1-24-13-6-5-9-18(24)12-14-26-19-10-11-22-20(15-19)21(25)16-23(27-22)17-7-3-2-4-8-17/h2-4,7-8,10-11,15-16,18H,5-6,9,12-14H2,1H3. The molecule has 4 nitrogen and oxygen atoms in total. The first-order valence-electron chi connectivity index (χ1n) is 9.67. The number of benzene rings is 2. The van der Waals surface area contributed by atoms with Gasteiger partial charge in [0.15, 0.2) is 5.43 Å². The van der Waals surface area contributed by atoms with Crippen LogP contribution in [0.3, 0.4) is 0 Å². The molecular formula is C23H25NO3. The number of hydrogen-bond acceptors (Lipinski definition) is 4. The zero-order chi connectivity index (χ0) is 18.6. The maximum Gasteiger partial charge on any atom is 0.193 e. The van der Waals surface area contributed by atoms with Crippen LogP contribution in [0.4, 0.5) is 0 Å². The fraction of sp³-hybridized carbons (Fsp3) is 0.348. The first kappa shape index (κ1) is 17.8. The number of fused-ring (bicyclic) bond motifs is 1. The summed E-state index contributed by atoms with van der Waals surface area (Å²) in [6, 6.07) is 17.3. The van der Waals surface area contributed by atoms with E-state index in [1.807, 2.05) is 42.5 Å². The fourth-order valence-electron chi connectivity index (χ4n) is 3.79. The van der Waals surface area contributed by atoms with Gasteiger partial charge in [-0.25, -0.2) is 0 Å². The lowest BCUT2D eigenvalue weighted by Crippen LogP contribution is -2.37. The highest BCUT2D eigenvalue weighted by Gasteiger charge is 2.18. The van der Waals surface area contributed by atoms with Crippen LogP contribution in [0.5, 0.6) is 5.75 Å². The molecule has 1 atom stereocenters. The third-order valence-electron chi connectivity index (χ3n) is 5.40. The van der Waals surface area contributed by atoms with Crippen LogP contribution in [0.25, 0.3) is 22.3 Å². The quantitative estimate of drug-likeness (QED) is 0.658. The van der Waals surface area contributed by atoms with E-state index in [2.05, 4.69) is 11.9 Å². The van der Waals surface area contributed by atoms with Gasteiger partial charge in [0.1, 0.15) is 17.1 Å². The van der Waals surface area contributed by atoms with E-state index in [1.54, 1.807) is 12.1 Å². The van der Waals surface area contributed by atoms with Crippen LogP contribution in [0.15, 0.2) is 63.8 Å². The maximum absolute atomic E-state index is 12.6. The first-order valence-corrected chi connectivity index (χ1v) is 9.67. The Morgan fingerprint density at radius 2 is 1.96 bits per heavy atom. The molecule has 27 heavy (non-hydrogen) atoms. The van der Waals surface area contributed by atoms with Crippen LogP contribution in [0.1, 0.15) is 25.7 Å². The van der Waals surface area contributed by atoms with Gasteiger partial charge in [-0.05, 0) is 51.1 Å². The van der Waals surface area contributed by atoms with Crippen molar-refractivity contribution in [3.05, 3.63) is 64.8 Å². The molecule has 2 aromatic carbocycles. The zero-order valence-electron chi connectivity index (χ0n) is 15.7. The van der Waals surface area contributed by atoms with E-state index in [0.29, 0.717) is 29.4 Å². The molecule has 0 bridgehead atoms. The van der Waals surface area contributed by atoms with Crippen molar-refractivity contribution in [1.82, 2.24) is 4.90 Å². The van der Waals surface area contributed by atoms with Crippen LogP contribution in [0, 0.1) is 0 Å². The molecule has 3 aromatic rings. The molecule has 2 heterocycles. The van der Waals surface area contributed by atoms with Gasteiger partial charge in [0.25, 0.3) is 0 Å². The highest BCUT2D eigenvalue weighted by atomic mass is 16.5. The summed E-state index contributed by atoms with van der Waals surface area (Å²) in [5.41, 5.74) is 1.43. The van der Waals surface area contributed by atoms with Crippen LogP contribution < -0.4 is 10.2 Å². The van der Waals surface area contributed by atoms with E-state index in [9.17, 15) is 4.79 Å². The number of likely N-dealkylation sites (tertiary alicyclic amines) is 1. The van der Waals surface area contributed by atoms with E-state index in [4.69, 9.17) is 9.15 Å². The number of hydrogen-bond donors (Lipinski definition) is 0. The van der Waals surface area contributed by atoms with Crippen molar-refractivity contribution >= 4 is 11.0 Å². The summed E-state index contributed by atoms with van der Waals surface area (Å²) >= 11 is 0. The number of nitrogens with zero attached hydrogens (tertiary/aromatic N) is 1. The highest BCUT2D eigenvalue weighted by Crippen LogP contribution is 2.25. The van der Waals surface area contributed by atoms with Crippen LogP contribution in [-0.4, -0.2) is 31.1 Å². The molecular weight excluding hydrogens is 338 g/mol. The van der Waals surface area contributed by atoms with Crippen molar-refractivity contribution < 1.29 is 9.15 Å². The Balaban J connectivity index is 1.49. The van der Waals surface area contributed by atoms with Gasteiger partial charge >= 0.3 is 0 Å². The topological polar surface area (TPSA) is 42.7 Å². The molecule has 1 aliphatic heterocycles. The molecule has 0 radical (unpaired) electrons. The average Bonchev–Trinajstić information content (AvgIpc) is 2.70. The number of ether oxygens (including phenoxy) is 1. The molecule has 1 unspecified atom stereocenters. The Bertz CT molecular complexity index is 964. The monoisotopic (exact) mass is 363 g/mol. The smallest absolute Gasteiger partial charge is 0.193 e. The second kappa shape index (κ2) is 7.97. The normalized spacial score (nSPS) is 17.9. The molecule has 0 aliphatic carbocycles. The second-order valence-corrected chi connectivity index (χ2v) is 7.27. The van der Waals surface area contributed by atoms with Crippen molar-refractivity contribution in [2.24, 2.45) is 0 Å². The lowest BCUT2D eigenvalue weighted by molar-refractivity contribution is 0.153. The Kier molecular flexibility index (Phi) is 5.26. The van der Waals surface area contributed by atoms with E-state index in [1.165, 1.54) is 25.8 Å². The van der Waals surface area contributed by atoms with Crippen LogP contribution in [-0.2, 0) is 0 Å². The molecule has 1 aromatic heterocycles. The largest absolute Gasteiger partial charge is 0.494 e. The van der Waals surface area contributed by atoms with Crippen molar-refractivity contribution in [3.63, 3.8) is 0 Å². The third-order valence-corrected chi connectivity index (χ3v) is 5.40. The van der Waals surface area contributed by atoms with Gasteiger partial charge in [-0.2, -0.15) is 0 Å². The van der Waals surface area contributed by atoms with Gasteiger partial charge in [0.05, 0.1) is 12.0 Å². The predicted molar refractivity (Wildman–Crippen MR) is 108 cm³/mol. The Hall–Kier alpha value is -2.59. The lowest BCUT2D eigenvalue weighted by atomic mass is 10.0. The second-order valence-electron chi connectivity index (χ2n) is 7.27. The summed E-state index contributed by atoms with van der Waals surface area (Å²) in [6.45, 7) is 1.83. The fourth-order valence-corrected chi connectivity index (χ4v) is 3.79. The molecule has 0 spiro atoms. The van der Waals surface area contributed by atoms with Gasteiger partial charge < -0.3 is 14.1 Å². The van der Waals surface area contributed by atoms with Gasteiger partial charge in [-0.1, -0.05) is 36.8 Å². The number of rotatable bonds is 5. The summed E-state index contributed by atoms with van der Waals surface area (Å²) in [7, 11) is 2.19. The van der Waals surface area contributed by atoms with E-state index in [-0.39, 0.29) is 5.43 Å². The summed E-state index contributed by atoms with van der Waals surface area (Å²) in [5, 5.41) is 0.557. The molecule has 1 fully saturated rings. The molecule has 4 heteroatoms. The number of piperidine rings is 1. The molecule has 140 valence electrons. The molecule has 1 saturated heterocycles. The lowest BCUT2D eigenvalue weighted by Gasteiger charge is -2.32. The average molecular weight is 363 g/mol. The van der Waals surface area contributed by atoms with E-state index >= 15 is 0 Å². The van der Waals surface area contributed by atoms with Gasteiger partial charge in [-0.15, -0.1) is 0 Å². The minimum absolute atomic E-state index is 0.0485. The predicted octanol–water partition coefficient (Wildman–Crippen LogP) is 4.71. The minimum atomic E-state index is -0.0485. The van der Waals surface area contributed by atoms with Crippen LogP contribution in [0.2, 0.25) is 0 Å². The zero-order valence-corrected chi connectivity index (χ0v) is 15.7. The SMILES string of the molecule is CN1CCCCC1CCOc1ccc2oc(-c3ccccc3)cc(=O)c2c1. The van der Waals surface area contributed by atoms with Gasteiger partial charge in [-0.3, -0.25) is 4.79 Å². The highest BCUT2D eigenvalue weighted by molar-refractivity contribution is 5.80. The van der Waals surface area contributed by atoms with Crippen molar-refractivity contribution in [3.8, 4) is 17.1 Å². The van der Waals surface area contributed by atoms with Gasteiger partial charge in [0.2, 0.25) is 0 Å². The Labute approximate surface area is 159 Å². The van der Waals surface area contributed by atoms with E-state index in [0.717, 1.165) is 17.7 Å². The molecule has 4 rings (SSSR count). The Morgan fingerprint density at radius 3 is 2.78 bits per heavy atom. The third kappa shape index (κ3) is 4.06. The first-order chi connectivity index (χ1) is 13.2. The summed E-state index contributed by atoms with van der Waals surface area (Å²) in [5.74, 6) is 1.31. The summed E-state index contributed by atoms with van der Waals surface area (Å²) in [6.07, 6.45) is 4.84. The maximum atomic E-state index is 12.6. The Morgan fingerprint density at radius 1 is 1.11 bits per heavy atom. The molecule has 0 amide bonds. The van der Waals surface area contributed by atoms with Crippen LogP contribution >= 0.6 is 0 Å². The van der Waals surface area contributed by atoms with Crippen molar-refractivity contribution in [2.75, 3.05) is 20.2 Å². The van der Waals surface area contributed by atoms with Crippen molar-refractivity contribution in [2.45, 2.75) is 31.7 Å². The summed E-state index contributed by atoms with van der Waals surface area (Å²) in [4.78, 5) is 15.0. The van der Waals surface area contributed by atoms with E-state index < -0.39 is 0 Å².